The fourth-order valence-corrected chi connectivity index (χ4v) is 3.41. The molecule has 0 saturated carbocycles. The van der Waals surface area contributed by atoms with Gasteiger partial charge in [0.05, 0.1) is 19.6 Å². The summed E-state index contributed by atoms with van der Waals surface area (Å²) in [4.78, 5) is 19.6. The molecule has 0 spiro atoms. The van der Waals surface area contributed by atoms with Crippen LogP contribution in [-0.2, 0) is 9.53 Å². The van der Waals surface area contributed by atoms with Crippen LogP contribution >= 0.6 is 0 Å². The normalized spacial score (nSPS) is 23.8. The summed E-state index contributed by atoms with van der Waals surface area (Å²) in [6, 6.07) is -0.0361. The summed E-state index contributed by atoms with van der Waals surface area (Å²) >= 11 is 0. The summed E-state index contributed by atoms with van der Waals surface area (Å²) in [5.74, 6) is 0.461. The molecule has 2 fully saturated rings. The number of methoxy groups -OCH3 is 1. The highest BCUT2D eigenvalue weighted by Gasteiger charge is 2.35. The third-order valence-electron chi connectivity index (χ3n) is 4.65. The highest BCUT2D eigenvalue weighted by molar-refractivity contribution is 5.81. The third-order valence-corrected chi connectivity index (χ3v) is 4.65. The molecular formula is C16H27F3N4O2. The first kappa shape index (κ1) is 19.8. The van der Waals surface area contributed by atoms with E-state index in [0.29, 0.717) is 52.0 Å². The van der Waals surface area contributed by atoms with Gasteiger partial charge >= 0.3 is 12.1 Å². The topological polar surface area (TPSA) is 57.2 Å². The van der Waals surface area contributed by atoms with Gasteiger partial charge in [-0.05, 0) is 26.2 Å². The Morgan fingerprint density at radius 2 is 1.92 bits per heavy atom. The maximum atomic E-state index is 12.5. The Balaban J connectivity index is 1.86. The van der Waals surface area contributed by atoms with Gasteiger partial charge in [0.2, 0.25) is 0 Å². The molecule has 144 valence electrons. The SMILES string of the molecule is CCN=C(NC1CCN(CC(F)(F)F)C1)N1CCC(C(=O)OC)CC1. The molecule has 0 radical (unpaired) electrons. The molecule has 0 aliphatic carbocycles. The number of halogens is 3. The Labute approximate surface area is 146 Å². The van der Waals surface area contributed by atoms with Gasteiger partial charge in [-0.25, -0.2) is 0 Å². The lowest BCUT2D eigenvalue weighted by molar-refractivity contribution is -0.147. The van der Waals surface area contributed by atoms with Crippen LogP contribution in [0.3, 0.4) is 0 Å². The number of piperidine rings is 1. The molecule has 6 nitrogen and oxygen atoms in total. The van der Waals surface area contributed by atoms with E-state index in [9.17, 15) is 18.0 Å². The van der Waals surface area contributed by atoms with E-state index in [-0.39, 0.29) is 17.9 Å². The molecule has 2 aliphatic heterocycles. The highest BCUT2D eigenvalue weighted by Crippen LogP contribution is 2.21. The standard InChI is InChI=1S/C16H27F3N4O2/c1-3-20-15(23-8-4-12(5-9-23)14(24)25-2)21-13-6-7-22(10-13)11-16(17,18)19/h12-13H,3-11H2,1-2H3,(H,20,21). The van der Waals surface area contributed by atoms with Crippen LogP contribution in [0.1, 0.15) is 26.2 Å². The van der Waals surface area contributed by atoms with Gasteiger partial charge in [-0.3, -0.25) is 14.7 Å². The van der Waals surface area contributed by atoms with Crippen molar-refractivity contribution in [1.29, 1.82) is 0 Å². The molecule has 9 heteroatoms. The molecule has 2 heterocycles. The lowest BCUT2D eigenvalue weighted by Gasteiger charge is -2.34. The number of nitrogens with zero attached hydrogens (tertiary/aromatic N) is 3. The molecule has 0 bridgehead atoms. The molecule has 2 rings (SSSR count). The molecular weight excluding hydrogens is 337 g/mol. The van der Waals surface area contributed by atoms with E-state index < -0.39 is 12.7 Å². The van der Waals surface area contributed by atoms with E-state index in [4.69, 9.17) is 4.74 Å². The van der Waals surface area contributed by atoms with Crippen molar-refractivity contribution < 1.29 is 22.7 Å². The van der Waals surface area contributed by atoms with Crippen molar-refractivity contribution in [3.8, 4) is 0 Å². The summed E-state index contributed by atoms with van der Waals surface area (Å²) in [5.41, 5.74) is 0. The average Bonchev–Trinajstić information content (AvgIpc) is 2.99. The average molecular weight is 364 g/mol. The van der Waals surface area contributed by atoms with Crippen molar-refractivity contribution in [3.63, 3.8) is 0 Å². The van der Waals surface area contributed by atoms with Gasteiger partial charge in [0.25, 0.3) is 0 Å². The first-order valence-electron chi connectivity index (χ1n) is 8.75. The summed E-state index contributed by atoms with van der Waals surface area (Å²) < 4.78 is 42.3. The fourth-order valence-electron chi connectivity index (χ4n) is 3.41. The third kappa shape index (κ3) is 6.05. The molecule has 1 atom stereocenters. The van der Waals surface area contributed by atoms with Crippen LogP contribution in [-0.4, -0.2) is 80.3 Å². The lowest BCUT2D eigenvalue weighted by atomic mass is 9.97. The van der Waals surface area contributed by atoms with Crippen molar-refractivity contribution in [2.24, 2.45) is 10.9 Å². The Kier molecular flexibility index (Phi) is 6.92. The van der Waals surface area contributed by atoms with Gasteiger partial charge in [0.15, 0.2) is 5.96 Å². The maximum Gasteiger partial charge on any atom is 0.401 e. The number of aliphatic imine (C=N–C) groups is 1. The first-order valence-corrected chi connectivity index (χ1v) is 8.75. The van der Waals surface area contributed by atoms with Crippen LogP contribution in [0.2, 0.25) is 0 Å². The zero-order valence-electron chi connectivity index (χ0n) is 14.8. The lowest BCUT2D eigenvalue weighted by Crippen LogP contribution is -2.50. The van der Waals surface area contributed by atoms with E-state index in [1.807, 2.05) is 6.92 Å². The summed E-state index contributed by atoms with van der Waals surface area (Å²) in [6.07, 6.45) is -2.10. The molecule has 1 N–H and O–H groups in total. The number of alkyl halides is 3. The smallest absolute Gasteiger partial charge is 0.401 e. The van der Waals surface area contributed by atoms with Crippen molar-refractivity contribution in [2.75, 3.05) is 46.4 Å². The number of carbonyl (C=O) groups is 1. The van der Waals surface area contributed by atoms with Gasteiger partial charge in [0, 0.05) is 38.8 Å². The van der Waals surface area contributed by atoms with E-state index >= 15 is 0 Å². The number of rotatable bonds is 4. The summed E-state index contributed by atoms with van der Waals surface area (Å²) in [5, 5.41) is 3.31. The van der Waals surface area contributed by atoms with E-state index in [2.05, 4.69) is 15.2 Å². The molecule has 2 aliphatic rings. The van der Waals surface area contributed by atoms with Crippen LogP contribution in [0.25, 0.3) is 0 Å². The monoisotopic (exact) mass is 364 g/mol. The largest absolute Gasteiger partial charge is 0.469 e. The molecule has 0 amide bonds. The molecule has 0 aromatic heterocycles. The minimum Gasteiger partial charge on any atom is -0.469 e. The number of hydrogen-bond acceptors (Lipinski definition) is 4. The summed E-state index contributed by atoms with van der Waals surface area (Å²) in [7, 11) is 1.40. The van der Waals surface area contributed by atoms with Crippen LogP contribution in [0.15, 0.2) is 4.99 Å². The zero-order valence-corrected chi connectivity index (χ0v) is 14.8. The van der Waals surface area contributed by atoms with Crippen LogP contribution < -0.4 is 5.32 Å². The number of ether oxygens (including phenoxy) is 1. The molecule has 1 unspecified atom stereocenters. The van der Waals surface area contributed by atoms with E-state index in [0.717, 1.165) is 5.96 Å². The minimum atomic E-state index is -4.16. The Hall–Kier alpha value is -1.51. The second-order valence-electron chi connectivity index (χ2n) is 6.56. The predicted octanol–water partition coefficient (Wildman–Crippen LogP) is 1.47. The number of hydrogen-bond donors (Lipinski definition) is 1. The van der Waals surface area contributed by atoms with Gasteiger partial charge in [-0.2, -0.15) is 13.2 Å². The van der Waals surface area contributed by atoms with Gasteiger partial charge in [-0.1, -0.05) is 0 Å². The number of guanidine groups is 1. The van der Waals surface area contributed by atoms with Crippen LogP contribution in [0.4, 0.5) is 13.2 Å². The van der Waals surface area contributed by atoms with Crippen molar-refractivity contribution >= 4 is 11.9 Å². The van der Waals surface area contributed by atoms with Gasteiger partial charge in [0.1, 0.15) is 0 Å². The Bertz CT molecular complexity index is 476. The first-order chi connectivity index (χ1) is 11.8. The van der Waals surface area contributed by atoms with E-state index in [1.54, 1.807) is 0 Å². The zero-order chi connectivity index (χ0) is 18.4. The summed E-state index contributed by atoms with van der Waals surface area (Å²) in [6.45, 7) is 3.82. The predicted molar refractivity (Wildman–Crippen MR) is 88.3 cm³/mol. The van der Waals surface area contributed by atoms with Crippen molar-refractivity contribution in [3.05, 3.63) is 0 Å². The van der Waals surface area contributed by atoms with Crippen molar-refractivity contribution in [2.45, 2.75) is 38.4 Å². The molecule has 25 heavy (non-hydrogen) atoms. The van der Waals surface area contributed by atoms with E-state index in [1.165, 1.54) is 12.0 Å². The number of likely N-dealkylation sites (tertiary alicyclic amines) is 2. The van der Waals surface area contributed by atoms with Gasteiger partial charge in [-0.15, -0.1) is 0 Å². The van der Waals surface area contributed by atoms with Gasteiger partial charge < -0.3 is 15.0 Å². The number of nitrogens with one attached hydrogen (secondary N) is 1. The number of carbonyl (C=O) groups excluding carboxylic acids is 1. The molecule has 2 saturated heterocycles. The van der Waals surface area contributed by atoms with Crippen LogP contribution in [0.5, 0.6) is 0 Å². The second kappa shape index (κ2) is 8.73. The molecule has 0 aromatic carbocycles. The fraction of sp³-hybridized carbons (Fsp3) is 0.875. The Morgan fingerprint density at radius 3 is 2.48 bits per heavy atom. The minimum absolute atomic E-state index is 0.0361. The highest BCUT2D eigenvalue weighted by atomic mass is 19.4. The molecule has 0 aromatic rings. The van der Waals surface area contributed by atoms with Crippen molar-refractivity contribution in [1.82, 2.24) is 15.1 Å². The Morgan fingerprint density at radius 1 is 1.24 bits per heavy atom. The van der Waals surface area contributed by atoms with Crippen LogP contribution in [0, 0.1) is 5.92 Å². The maximum absolute atomic E-state index is 12.5. The second-order valence-corrected chi connectivity index (χ2v) is 6.56. The quantitative estimate of drug-likeness (QED) is 0.465. The number of esters is 1.